The summed E-state index contributed by atoms with van der Waals surface area (Å²) in [5, 5.41) is 2.01. The van der Waals surface area contributed by atoms with Crippen molar-refractivity contribution in [3.8, 4) is 0 Å². The van der Waals surface area contributed by atoms with Crippen LogP contribution in [0.1, 0.15) is 76.0 Å². The molecule has 0 amide bonds. The molecule has 0 saturated carbocycles. The van der Waals surface area contributed by atoms with Crippen molar-refractivity contribution in [1.82, 2.24) is 0 Å². The van der Waals surface area contributed by atoms with Gasteiger partial charge in [0, 0.05) is 29.6 Å². The monoisotopic (exact) mass is 357 g/mol. The number of hydrogen-bond donors (Lipinski definition) is 1. The molecule has 0 heterocycles. The van der Waals surface area contributed by atoms with Gasteiger partial charge in [0.1, 0.15) is 4.90 Å². The first-order chi connectivity index (χ1) is 10.6. The fourth-order valence-electron chi connectivity index (χ4n) is 3.53. The van der Waals surface area contributed by atoms with Crippen molar-refractivity contribution in [2.75, 3.05) is 0 Å². The minimum atomic E-state index is -4.30. The standard InChI is InChI=1S/C19H26O3S.Na/c1-11(2)16-14-9-7-8-10-15(14)17(12(3)4)19(23(20,21)22)18(16)13(5)6;/h7-13H,1-6H3,(H,20,21,22);. The molecule has 0 aromatic heterocycles. The van der Waals surface area contributed by atoms with Crippen LogP contribution in [0.25, 0.3) is 10.8 Å². The van der Waals surface area contributed by atoms with Crippen molar-refractivity contribution in [2.45, 2.75) is 64.2 Å². The largest absolute Gasteiger partial charge is 0.295 e. The zero-order valence-corrected chi connectivity index (χ0v) is 18.5. The minimum absolute atomic E-state index is 0. The number of fused-ring (bicyclic) bond motifs is 1. The Kier molecular flexibility index (Phi) is 7.11. The molecular weight excluding hydrogens is 331 g/mol. The van der Waals surface area contributed by atoms with Crippen LogP contribution in [0, 0.1) is 0 Å². The quantitative estimate of drug-likeness (QED) is 0.613. The van der Waals surface area contributed by atoms with Crippen LogP contribution in [0.5, 0.6) is 0 Å². The van der Waals surface area contributed by atoms with Gasteiger partial charge in [-0.1, -0.05) is 65.8 Å². The van der Waals surface area contributed by atoms with Crippen molar-refractivity contribution >= 4 is 50.4 Å². The van der Waals surface area contributed by atoms with E-state index < -0.39 is 10.1 Å². The molecular formula is C19H26NaO3S. The Labute approximate surface area is 167 Å². The van der Waals surface area contributed by atoms with E-state index in [1.165, 1.54) is 0 Å². The van der Waals surface area contributed by atoms with Crippen LogP contribution in [0.4, 0.5) is 0 Å². The van der Waals surface area contributed by atoms with Crippen LogP contribution in [-0.2, 0) is 10.1 Å². The molecule has 24 heavy (non-hydrogen) atoms. The molecule has 0 aliphatic rings. The van der Waals surface area contributed by atoms with Crippen LogP contribution in [-0.4, -0.2) is 42.5 Å². The molecule has 0 bridgehead atoms. The van der Waals surface area contributed by atoms with Gasteiger partial charge in [0.05, 0.1) is 0 Å². The molecule has 0 aliphatic heterocycles. The molecule has 5 heteroatoms. The first-order valence-corrected chi connectivity index (χ1v) is 9.57. The van der Waals surface area contributed by atoms with E-state index in [0.717, 1.165) is 27.5 Å². The van der Waals surface area contributed by atoms with Gasteiger partial charge < -0.3 is 0 Å². The van der Waals surface area contributed by atoms with Crippen molar-refractivity contribution in [2.24, 2.45) is 0 Å². The zero-order chi connectivity index (χ0) is 17.5. The summed E-state index contributed by atoms with van der Waals surface area (Å²) >= 11 is 0. The molecule has 1 N–H and O–H groups in total. The maximum atomic E-state index is 12.3. The summed E-state index contributed by atoms with van der Waals surface area (Å²) in [7, 11) is -4.30. The van der Waals surface area contributed by atoms with Gasteiger partial charge >= 0.3 is 0 Å². The summed E-state index contributed by atoms with van der Waals surface area (Å²) < 4.78 is 34.5. The van der Waals surface area contributed by atoms with Gasteiger partial charge in [-0.05, 0) is 45.2 Å². The smallest absolute Gasteiger partial charge is 0.282 e. The Morgan fingerprint density at radius 1 is 0.750 bits per heavy atom. The molecule has 0 unspecified atom stereocenters. The molecule has 0 atom stereocenters. The molecule has 0 fully saturated rings. The molecule has 1 radical (unpaired) electrons. The van der Waals surface area contributed by atoms with Crippen LogP contribution in [0.15, 0.2) is 29.2 Å². The zero-order valence-electron chi connectivity index (χ0n) is 15.7. The van der Waals surface area contributed by atoms with Gasteiger partial charge in [0.25, 0.3) is 10.1 Å². The Balaban J connectivity index is 0.00000288. The Bertz CT molecular complexity index is 837. The van der Waals surface area contributed by atoms with Gasteiger partial charge in [0.15, 0.2) is 0 Å². The van der Waals surface area contributed by atoms with Crippen molar-refractivity contribution < 1.29 is 13.0 Å². The van der Waals surface area contributed by atoms with E-state index in [1.807, 2.05) is 45.9 Å². The predicted octanol–water partition coefficient (Wildman–Crippen LogP) is 5.08. The second-order valence-corrected chi connectivity index (χ2v) is 8.41. The number of benzene rings is 2. The van der Waals surface area contributed by atoms with E-state index in [-0.39, 0.29) is 52.2 Å². The van der Waals surface area contributed by atoms with Gasteiger partial charge in [-0.2, -0.15) is 8.42 Å². The minimum Gasteiger partial charge on any atom is -0.282 e. The van der Waals surface area contributed by atoms with Crippen molar-refractivity contribution in [1.29, 1.82) is 0 Å². The molecule has 3 nitrogen and oxygen atoms in total. The Hall–Kier alpha value is -0.390. The van der Waals surface area contributed by atoms with E-state index in [2.05, 4.69) is 19.9 Å². The van der Waals surface area contributed by atoms with E-state index in [0.29, 0.717) is 0 Å². The maximum absolute atomic E-state index is 12.3. The Morgan fingerprint density at radius 2 is 1.12 bits per heavy atom. The predicted molar refractivity (Wildman–Crippen MR) is 102 cm³/mol. The normalized spacial score (nSPS) is 12.2. The third kappa shape index (κ3) is 3.88. The summed E-state index contributed by atoms with van der Waals surface area (Å²) in [4.78, 5) is 0.116. The van der Waals surface area contributed by atoms with Crippen molar-refractivity contribution in [3.63, 3.8) is 0 Å². The summed E-state index contributed by atoms with van der Waals surface area (Å²) in [6, 6.07) is 7.90. The van der Waals surface area contributed by atoms with Crippen LogP contribution in [0.2, 0.25) is 0 Å². The molecule has 2 aromatic carbocycles. The molecule has 0 aliphatic carbocycles. The third-order valence-corrected chi connectivity index (χ3v) is 5.23. The van der Waals surface area contributed by atoms with Crippen LogP contribution in [0.3, 0.4) is 0 Å². The van der Waals surface area contributed by atoms with Gasteiger partial charge in [-0.15, -0.1) is 0 Å². The van der Waals surface area contributed by atoms with E-state index >= 15 is 0 Å². The topological polar surface area (TPSA) is 54.4 Å². The van der Waals surface area contributed by atoms with Crippen LogP contribution >= 0.6 is 0 Å². The first-order valence-electron chi connectivity index (χ1n) is 8.13. The molecule has 0 spiro atoms. The summed E-state index contributed by atoms with van der Waals surface area (Å²) in [6.07, 6.45) is 0. The second-order valence-electron chi connectivity index (χ2n) is 7.05. The van der Waals surface area contributed by atoms with Gasteiger partial charge in [-0.25, -0.2) is 0 Å². The maximum Gasteiger partial charge on any atom is 0.295 e. The fourth-order valence-corrected chi connectivity index (χ4v) is 4.78. The average Bonchev–Trinajstić information content (AvgIpc) is 2.42. The summed E-state index contributed by atoms with van der Waals surface area (Å²) in [5.74, 6) is 0.168. The average molecular weight is 357 g/mol. The number of rotatable bonds is 4. The van der Waals surface area contributed by atoms with E-state index in [9.17, 15) is 13.0 Å². The van der Waals surface area contributed by atoms with Gasteiger partial charge in [-0.3, -0.25) is 4.55 Å². The summed E-state index contributed by atoms with van der Waals surface area (Å²) in [5.41, 5.74) is 2.49. The van der Waals surface area contributed by atoms with Gasteiger partial charge in [0.2, 0.25) is 0 Å². The second kappa shape index (κ2) is 7.88. The fraction of sp³-hybridized carbons (Fsp3) is 0.474. The molecule has 2 rings (SSSR count). The molecule has 127 valence electrons. The van der Waals surface area contributed by atoms with Crippen LogP contribution < -0.4 is 0 Å². The molecule has 2 aromatic rings. The Morgan fingerprint density at radius 3 is 1.46 bits per heavy atom. The first kappa shape index (κ1) is 21.7. The number of hydrogen-bond acceptors (Lipinski definition) is 2. The van der Waals surface area contributed by atoms with Crippen molar-refractivity contribution in [3.05, 3.63) is 41.0 Å². The molecule has 0 saturated heterocycles. The van der Waals surface area contributed by atoms with E-state index in [1.54, 1.807) is 0 Å². The third-order valence-electron chi connectivity index (χ3n) is 4.28. The summed E-state index contributed by atoms with van der Waals surface area (Å²) in [6.45, 7) is 12.0. The SMILES string of the molecule is CC(C)c1c(S(=O)(=O)O)c(C(C)C)c2ccccc2c1C(C)C.[Na]. The van der Waals surface area contributed by atoms with E-state index in [4.69, 9.17) is 0 Å².